The Morgan fingerprint density at radius 3 is 2.82 bits per heavy atom. The highest BCUT2D eigenvalue weighted by Gasteiger charge is 2.53. The summed E-state index contributed by atoms with van der Waals surface area (Å²) in [5, 5.41) is 23.3. The van der Waals surface area contributed by atoms with Crippen molar-refractivity contribution in [2.75, 3.05) is 19.9 Å². The molecule has 5 rings (SSSR count). The van der Waals surface area contributed by atoms with Gasteiger partial charge in [-0.15, -0.1) is 0 Å². The van der Waals surface area contributed by atoms with Gasteiger partial charge < -0.3 is 25.0 Å². The van der Waals surface area contributed by atoms with Gasteiger partial charge in [-0.1, -0.05) is 19.1 Å². The topological polar surface area (TPSA) is 88.0 Å². The van der Waals surface area contributed by atoms with Crippen LogP contribution in [0.1, 0.15) is 68.6 Å². The summed E-state index contributed by atoms with van der Waals surface area (Å²) in [5.41, 5.74) is 2.11. The lowest BCUT2D eigenvalue weighted by Crippen LogP contribution is -2.49. The minimum absolute atomic E-state index is 0.0767. The van der Waals surface area contributed by atoms with Crippen molar-refractivity contribution in [3.05, 3.63) is 35.9 Å². The van der Waals surface area contributed by atoms with Crippen molar-refractivity contribution in [2.45, 2.75) is 64.4 Å². The van der Waals surface area contributed by atoms with E-state index in [0.717, 1.165) is 51.4 Å². The van der Waals surface area contributed by atoms with Crippen LogP contribution in [0.4, 0.5) is 0 Å². The molecule has 1 aromatic rings. The summed E-state index contributed by atoms with van der Waals surface area (Å²) in [6, 6.07) is 5.35. The molecule has 0 unspecified atom stereocenters. The van der Waals surface area contributed by atoms with Crippen LogP contribution in [0.3, 0.4) is 0 Å². The Kier molecular flexibility index (Phi) is 6.64. The van der Waals surface area contributed by atoms with Gasteiger partial charge in [0.25, 0.3) is 5.91 Å². The number of benzene rings is 1. The fraction of sp³-hybridized carbons (Fsp3) is 0.679. The Morgan fingerprint density at radius 2 is 2.00 bits per heavy atom. The van der Waals surface area contributed by atoms with Gasteiger partial charge >= 0.3 is 0 Å². The molecule has 0 bridgehead atoms. The number of amides is 1. The van der Waals surface area contributed by atoms with Gasteiger partial charge in [-0.2, -0.15) is 0 Å². The predicted octanol–water partition coefficient (Wildman–Crippen LogP) is 4.30. The van der Waals surface area contributed by atoms with Gasteiger partial charge in [0.1, 0.15) is 0 Å². The first-order chi connectivity index (χ1) is 16.4. The first kappa shape index (κ1) is 23.7. The highest BCUT2D eigenvalue weighted by molar-refractivity contribution is 5.94. The van der Waals surface area contributed by atoms with Crippen molar-refractivity contribution < 1.29 is 24.5 Å². The Balaban J connectivity index is 1.36. The summed E-state index contributed by atoms with van der Waals surface area (Å²) in [7, 11) is 0. The molecule has 0 spiro atoms. The average Bonchev–Trinajstić information content (AvgIpc) is 3.42. The molecule has 6 heteroatoms. The quantitative estimate of drug-likeness (QED) is 0.541. The SMILES string of the molecule is C=C1CC[C@H]2[C@H](CNC(=O)c3ccc4c(c3)OCO4)[C@@H]([C@@H]3CC[C@H](O)C[C@@H]3CCO)CC[C@]12C. The molecule has 7 atom stereocenters. The van der Waals surface area contributed by atoms with Crippen LogP contribution in [-0.4, -0.2) is 42.2 Å². The summed E-state index contributed by atoms with van der Waals surface area (Å²) >= 11 is 0. The maximum Gasteiger partial charge on any atom is 0.251 e. The van der Waals surface area contributed by atoms with Crippen molar-refractivity contribution in [3.8, 4) is 11.5 Å². The van der Waals surface area contributed by atoms with Gasteiger partial charge in [0.2, 0.25) is 6.79 Å². The van der Waals surface area contributed by atoms with E-state index in [-0.39, 0.29) is 30.8 Å². The molecule has 0 saturated heterocycles. The molecular weight excluding hydrogens is 430 g/mol. The van der Waals surface area contributed by atoms with Crippen LogP contribution in [0.2, 0.25) is 0 Å². The Morgan fingerprint density at radius 1 is 1.18 bits per heavy atom. The van der Waals surface area contributed by atoms with Crippen molar-refractivity contribution in [1.29, 1.82) is 0 Å². The Bertz CT molecular complexity index is 931. The number of rotatable bonds is 6. The molecule has 0 aromatic heterocycles. The lowest BCUT2D eigenvalue weighted by Gasteiger charge is -2.52. The maximum absolute atomic E-state index is 13.1. The zero-order valence-corrected chi connectivity index (χ0v) is 20.3. The number of hydrogen-bond donors (Lipinski definition) is 3. The second kappa shape index (κ2) is 9.54. The number of carbonyl (C=O) groups is 1. The zero-order valence-electron chi connectivity index (χ0n) is 20.3. The third-order valence-corrected chi connectivity index (χ3v) is 9.64. The molecular formula is C28H39NO5. The van der Waals surface area contributed by atoms with Gasteiger partial charge in [-0.25, -0.2) is 0 Å². The molecule has 0 radical (unpaired) electrons. The Hall–Kier alpha value is -2.05. The van der Waals surface area contributed by atoms with E-state index < -0.39 is 0 Å². The molecule has 34 heavy (non-hydrogen) atoms. The highest BCUT2D eigenvalue weighted by Crippen LogP contribution is 2.60. The van der Waals surface area contributed by atoms with Crippen LogP contribution in [0.25, 0.3) is 0 Å². The summed E-state index contributed by atoms with van der Waals surface area (Å²) < 4.78 is 10.8. The van der Waals surface area contributed by atoms with Gasteiger partial charge in [0, 0.05) is 18.7 Å². The van der Waals surface area contributed by atoms with E-state index in [1.165, 1.54) is 5.57 Å². The molecule has 1 aliphatic heterocycles. The second-order valence-corrected chi connectivity index (χ2v) is 11.2. The number of hydrogen-bond acceptors (Lipinski definition) is 5. The number of ether oxygens (including phenoxy) is 2. The molecule has 3 fully saturated rings. The van der Waals surface area contributed by atoms with Crippen molar-refractivity contribution in [1.82, 2.24) is 5.32 Å². The third kappa shape index (κ3) is 4.24. The standard InChI is InChI=1S/C28H39NO5/c1-17-3-7-24-23(15-29-27(32)19-4-8-25-26(14-19)34-16-33-25)22(9-11-28(17,24)2)21-6-5-20(31)13-18(21)10-12-30/h4,8,14,18,20-24,30-31H,1,3,5-7,9-13,15-16H2,2H3,(H,29,32)/t18-,20-,21+,22+,23+,24-,28+/m0/s1. The molecule has 1 heterocycles. The van der Waals surface area contributed by atoms with E-state index in [1.54, 1.807) is 18.2 Å². The largest absolute Gasteiger partial charge is 0.454 e. The minimum atomic E-state index is -0.253. The molecule has 1 amide bonds. The molecule has 3 saturated carbocycles. The fourth-order valence-electron chi connectivity index (χ4n) is 7.72. The molecule has 4 aliphatic rings. The summed E-state index contributed by atoms with van der Waals surface area (Å²) in [6.07, 6.45) is 7.62. The number of fused-ring (bicyclic) bond motifs is 2. The number of nitrogens with one attached hydrogen (secondary N) is 1. The lowest BCUT2D eigenvalue weighted by atomic mass is 9.54. The van der Waals surface area contributed by atoms with Crippen molar-refractivity contribution in [3.63, 3.8) is 0 Å². The second-order valence-electron chi connectivity index (χ2n) is 11.2. The number of aliphatic hydroxyl groups excluding tert-OH is 2. The van der Waals surface area contributed by atoms with Gasteiger partial charge in [0.05, 0.1) is 6.10 Å². The highest BCUT2D eigenvalue weighted by atomic mass is 16.7. The molecule has 186 valence electrons. The van der Waals surface area contributed by atoms with Crippen LogP contribution in [0.5, 0.6) is 11.5 Å². The van der Waals surface area contributed by atoms with Crippen LogP contribution in [-0.2, 0) is 0 Å². The zero-order chi connectivity index (χ0) is 23.9. The van der Waals surface area contributed by atoms with E-state index in [9.17, 15) is 15.0 Å². The predicted molar refractivity (Wildman–Crippen MR) is 130 cm³/mol. The average molecular weight is 470 g/mol. The number of allylic oxidation sites excluding steroid dienone is 1. The minimum Gasteiger partial charge on any atom is -0.454 e. The number of aliphatic hydroxyl groups is 2. The molecule has 6 nitrogen and oxygen atoms in total. The fourth-order valence-corrected chi connectivity index (χ4v) is 7.72. The van der Waals surface area contributed by atoms with Crippen LogP contribution in [0, 0.1) is 35.0 Å². The molecule has 3 aliphatic carbocycles. The van der Waals surface area contributed by atoms with Crippen LogP contribution >= 0.6 is 0 Å². The molecule has 1 aromatic carbocycles. The van der Waals surface area contributed by atoms with E-state index in [0.29, 0.717) is 53.2 Å². The van der Waals surface area contributed by atoms with Crippen molar-refractivity contribution >= 4 is 5.91 Å². The van der Waals surface area contributed by atoms with E-state index in [1.807, 2.05) is 0 Å². The molecule has 3 N–H and O–H groups in total. The first-order valence-electron chi connectivity index (χ1n) is 13.1. The smallest absolute Gasteiger partial charge is 0.251 e. The lowest BCUT2D eigenvalue weighted by molar-refractivity contribution is -0.0282. The first-order valence-corrected chi connectivity index (χ1v) is 13.1. The van der Waals surface area contributed by atoms with Gasteiger partial charge in [-0.3, -0.25) is 4.79 Å². The van der Waals surface area contributed by atoms with E-state index in [4.69, 9.17) is 9.47 Å². The van der Waals surface area contributed by atoms with E-state index in [2.05, 4.69) is 18.8 Å². The Labute approximate surface area is 202 Å². The summed E-state index contributed by atoms with van der Waals surface area (Å²) in [6.45, 7) is 7.83. The normalized spacial score (nSPS) is 36.9. The maximum atomic E-state index is 13.1. The summed E-state index contributed by atoms with van der Waals surface area (Å²) in [5.74, 6) is 3.43. The monoisotopic (exact) mass is 469 g/mol. The third-order valence-electron chi connectivity index (χ3n) is 9.64. The number of carbonyl (C=O) groups excluding carboxylic acids is 1. The van der Waals surface area contributed by atoms with Crippen LogP contribution in [0.15, 0.2) is 30.4 Å². The van der Waals surface area contributed by atoms with Gasteiger partial charge in [-0.05, 0) is 105 Å². The van der Waals surface area contributed by atoms with Gasteiger partial charge in [0.15, 0.2) is 11.5 Å². The van der Waals surface area contributed by atoms with Crippen molar-refractivity contribution in [2.24, 2.45) is 35.0 Å². The summed E-state index contributed by atoms with van der Waals surface area (Å²) in [4.78, 5) is 13.1. The van der Waals surface area contributed by atoms with Crippen LogP contribution < -0.4 is 14.8 Å². The van der Waals surface area contributed by atoms with E-state index >= 15 is 0 Å².